The lowest BCUT2D eigenvalue weighted by Gasteiger charge is -2.13. The lowest BCUT2D eigenvalue weighted by Crippen LogP contribution is -2.14. The molecule has 0 atom stereocenters. The van der Waals surface area contributed by atoms with Crippen LogP contribution in [0, 0.1) is 11.3 Å². The quantitative estimate of drug-likeness (QED) is 0.582. The second-order valence-corrected chi connectivity index (χ2v) is 4.17. The van der Waals surface area contributed by atoms with Crippen LogP contribution < -0.4 is 9.64 Å². The van der Waals surface area contributed by atoms with E-state index in [4.69, 9.17) is 4.74 Å². The van der Waals surface area contributed by atoms with Crippen LogP contribution in [0.4, 0.5) is 11.8 Å². The van der Waals surface area contributed by atoms with E-state index in [1.165, 1.54) is 0 Å². The van der Waals surface area contributed by atoms with E-state index >= 15 is 0 Å². The third-order valence-corrected chi connectivity index (χ3v) is 2.05. The van der Waals surface area contributed by atoms with Gasteiger partial charge in [0.25, 0.3) is 0 Å². The fraction of sp³-hybridized carbons (Fsp3) is 0.500. The van der Waals surface area contributed by atoms with E-state index in [0.29, 0.717) is 18.4 Å². The Kier molecular flexibility index (Phi) is 5.06. The summed E-state index contributed by atoms with van der Waals surface area (Å²) in [5.41, 5.74) is 0.241. The number of nitriles is 1. The van der Waals surface area contributed by atoms with Crippen molar-refractivity contribution in [2.75, 3.05) is 39.7 Å². The summed E-state index contributed by atoms with van der Waals surface area (Å²) in [6, 6.07) is 2.04. The molecule has 0 aliphatic heterocycles. The van der Waals surface area contributed by atoms with Gasteiger partial charge in [-0.05, 0) is 6.92 Å². The Hall–Kier alpha value is -2.36. The fourth-order valence-electron chi connectivity index (χ4n) is 1.22. The van der Waals surface area contributed by atoms with Gasteiger partial charge in [0.1, 0.15) is 6.07 Å². The molecular formula is C12H18N6O. The maximum Gasteiger partial charge on any atom is 0.238 e. The third-order valence-electron chi connectivity index (χ3n) is 2.05. The first-order valence-corrected chi connectivity index (χ1v) is 5.82. The molecule has 0 fully saturated rings. The Labute approximate surface area is 113 Å². The van der Waals surface area contributed by atoms with E-state index in [0.717, 1.165) is 0 Å². The average Bonchev–Trinajstić information content (AvgIpc) is 2.36. The first-order valence-electron chi connectivity index (χ1n) is 5.82. The molecule has 1 heterocycles. The number of nitrogens with zero attached hydrogens (tertiary/aromatic N) is 6. The molecule has 0 spiro atoms. The van der Waals surface area contributed by atoms with Crippen LogP contribution in [0.1, 0.15) is 12.5 Å². The van der Waals surface area contributed by atoms with Crippen LogP contribution in [0.15, 0.2) is 4.99 Å². The summed E-state index contributed by atoms with van der Waals surface area (Å²) in [7, 11) is 7.31. The molecule has 0 unspecified atom stereocenters. The molecular weight excluding hydrogens is 244 g/mol. The van der Waals surface area contributed by atoms with Crippen molar-refractivity contribution in [1.82, 2.24) is 14.9 Å². The SMILES string of the molecule is CCOc1nc(N(C)C)nc(/N=C/N(C)C)c1C#N. The zero-order chi connectivity index (χ0) is 14.4. The minimum Gasteiger partial charge on any atom is -0.477 e. The zero-order valence-corrected chi connectivity index (χ0v) is 11.9. The fourth-order valence-corrected chi connectivity index (χ4v) is 1.22. The highest BCUT2D eigenvalue weighted by atomic mass is 16.5. The summed E-state index contributed by atoms with van der Waals surface area (Å²) < 4.78 is 5.38. The number of rotatable bonds is 5. The first-order chi connectivity index (χ1) is 8.99. The highest BCUT2D eigenvalue weighted by Gasteiger charge is 2.15. The van der Waals surface area contributed by atoms with Crippen LogP contribution in [0.5, 0.6) is 5.88 Å². The largest absolute Gasteiger partial charge is 0.477 e. The molecule has 0 saturated heterocycles. The van der Waals surface area contributed by atoms with Gasteiger partial charge in [0, 0.05) is 28.2 Å². The van der Waals surface area contributed by atoms with E-state index in [2.05, 4.69) is 15.0 Å². The molecule has 0 aromatic carbocycles. The van der Waals surface area contributed by atoms with Crippen LogP contribution in [-0.2, 0) is 0 Å². The molecule has 0 aliphatic carbocycles. The second-order valence-electron chi connectivity index (χ2n) is 4.17. The molecule has 7 nitrogen and oxygen atoms in total. The molecule has 0 N–H and O–H groups in total. The zero-order valence-electron chi connectivity index (χ0n) is 11.9. The smallest absolute Gasteiger partial charge is 0.238 e. The number of anilines is 1. The van der Waals surface area contributed by atoms with Crippen LogP contribution in [-0.4, -0.2) is 56.0 Å². The van der Waals surface area contributed by atoms with Crippen molar-refractivity contribution in [2.24, 2.45) is 4.99 Å². The van der Waals surface area contributed by atoms with Crippen molar-refractivity contribution in [1.29, 1.82) is 5.26 Å². The summed E-state index contributed by atoms with van der Waals surface area (Å²) in [6.45, 7) is 2.26. The predicted octanol–water partition coefficient (Wildman–Crippen LogP) is 1.03. The first kappa shape index (κ1) is 14.7. The van der Waals surface area contributed by atoms with Crippen molar-refractivity contribution in [3.8, 4) is 11.9 Å². The van der Waals surface area contributed by atoms with E-state index in [1.807, 2.05) is 41.2 Å². The van der Waals surface area contributed by atoms with Crippen LogP contribution in [0.3, 0.4) is 0 Å². The topological polar surface area (TPSA) is 77.6 Å². The van der Waals surface area contributed by atoms with Gasteiger partial charge in [-0.1, -0.05) is 0 Å². The minimum atomic E-state index is 0.241. The molecule has 0 saturated carbocycles. The summed E-state index contributed by atoms with van der Waals surface area (Å²) in [6.07, 6.45) is 1.58. The van der Waals surface area contributed by atoms with E-state index in [9.17, 15) is 5.26 Å². The van der Waals surface area contributed by atoms with Gasteiger partial charge in [-0.25, -0.2) is 4.99 Å². The summed E-state index contributed by atoms with van der Waals surface area (Å²) in [5.74, 6) is 1.02. The highest BCUT2D eigenvalue weighted by molar-refractivity contribution is 5.65. The molecule has 0 bridgehead atoms. The Morgan fingerprint density at radius 3 is 2.47 bits per heavy atom. The van der Waals surface area contributed by atoms with Gasteiger partial charge in [0.05, 0.1) is 12.9 Å². The maximum absolute atomic E-state index is 9.21. The normalized spacial score (nSPS) is 10.3. The van der Waals surface area contributed by atoms with Gasteiger partial charge < -0.3 is 14.5 Å². The molecule has 0 radical (unpaired) electrons. The minimum absolute atomic E-state index is 0.241. The lowest BCUT2D eigenvalue weighted by molar-refractivity contribution is 0.325. The van der Waals surface area contributed by atoms with Crippen molar-refractivity contribution in [3.05, 3.63) is 5.56 Å². The molecule has 1 aromatic rings. The number of hydrogen-bond acceptors (Lipinski definition) is 6. The number of aromatic nitrogens is 2. The molecule has 102 valence electrons. The average molecular weight is 262 g/mol. The van der Waals surface area contributed by atoms with Gasteiger partial charge in [-0.2, -0.15) is 15.2 Å². The molecule has 0 aliphatic rings. The van der Waals surface area contributed by atoms with Crippen molar-refractivity contribution < 1.29 is 4.74 Å². The number of hydrogen-bond donors (Lipinski definition) is 0. The molecule has 7 heteroatoms. The summed E-state index contributed by atoms with van der Waals surface area (Å²) >= 11 is 0. The Morgan fingerprint density at radius 2 is 2.00 bits per heavy atom. The van der Waals surface area contributed by atoms with E-state index in [-0.39, 0.29) is 11.4 Å². The van der Waals surface area contributed by atoms with Gasteiger partial charge >= 0.3 is 0 Å². The molecule has 0 amide bonds. The van der Waals surface area contributed by atoms with Crippen LogP contribution in [0.2, 0.25) is 0 Å². The van der Waals surface area contributed by atoms with Crippen LogP contribution >= 0.6 is 0 Å². The Bertz CT molecular complexity index is 504. The van der Waals surface area contributed by atoms with Gasteiger partial charge in [-0.3, -0.25) is 0 Å². The van der Waals surface area contributed by atoms with Crippen molar-refractivity contribution >= 4 is 18.1 Å². The monoisotopic (exact) mass is 262 g/mol. The highest BCUT2D eigenvalue weighted by Crippen LogP contribution is 2.26. The number of aliphatic imine (C=N–C) groups is 1. The van der Waals surface area contributed by atoms with Crippen molar-refractivity contribution in [2.45, 2.75) is 6.92 Å². The second kappa shape index (κ2) is 6.54. The standard InChI is InChI=1S/C12H18N6O/c1-6-19-11-9(7-13)10(14-8-17(2)3)15-12(16-11)18(4)5/h8H,6H2,1-5H3/b14-8+. The van der Waals surface area contributed by atoms with Gasteiger partial charge in [0.2, 0.25) is 11.8 Å². The Balaban J connectivity index is 3.36. The molecule has 1 aromatic heterocycles. The maximum atomic E-state index is 9.21. The molecule has 1 rings (SSSR count). The van der Waals surface area contributed by atoms with E-state index in [1.54, 1.807) is 16.1 Å². The van der Waals surface area contributed by atoms with E-state index < -0.39 is 0 Å². The summed E-state index contributed by atoms with van der Waals surface area (Å²) in [5, 5.41) is 9.21. The van der Waals surface area contributed by atoms with Gasteiger partial charge in [-0.15, -0.1) is 0 Å². The Morgan fingerprint density at radius 1 is 1.32 bits per heavy atom. The van der Waals surface area contributed by atoms with Crippen molar-refractivity contribution in [3.63, 3.8) is 0 Å². The molecule has 19 heavy (non-hydrogen) atoms. The number of ether oxygens (including phenoxy) is 1. The predicted molar refractivity (Wildman–Crippen MR) is 74.1 cm³/mol. The lowest BCUT2D eigenvalue weighted by atomic mass is 10.3. The third kappa shape index (κ3) is 3.81. The van der Waals surface area contributed by atoms with Crippen LogP contribution in [0.25, 0.3) is 0 Å². The summed E-state index contributed by atoms with van der Waals surface area (Å²) in [4.78, 5) is 16.1. The van der Waals surface area contributed by atoms with Gasteiger partial charge in [0.15, 0.2) is 11.4 Å².